The van der Waals surface area contributed by atoms with E-state index in [0.717, 1.165) is 0 Å². The van der Waals surface area contributed by atoms with Crippen LogP contribution in [0.15, 0.2) is 11.3 Å². The minimum atomic E-state index is -0.944. The third-order valence-corrected chi connectivity index (χ3v) is 9.11. The van der Waals surface area contributed by atoms with Gasteiger partial charge < -0.3 is 0 Å². The van der Waals surface area contributed by atoms with Crippen molar-refractivity contribution in [1.82, 2.24) is 0 Å². The maximum atomic E-state index is 2.75. The van der Waals surface area contributed by atoms with Crippen molar-refractivity contribution in [3.63, 3.8) is 0 Å². The Hall–Kier alpha value is -0.0431. The molecule has 0 aromatic rings. The highest BCUT2D eigenvalue weighted by Gasteiger charge is 2.24. The molecule has 1 saturated carbocycles. The predicted molar refractivity (Wildman–Crippen MR) is 63.7 cm³/mol. The zero-order chi connectivity index (χ0) is 9.73. The van der Waals surface area contributed by atoms with Crippen LogP contribution in [-0.4, -0.2) is 8.07 Å². The molecule has 0 aromatic heterocycles. The highest BCUT2D eigenvalue weighted by Crippen LogP contribution is 2.30. The maximum absolute atomic E-state index is 2.75. The highest BCUT2D eigenvalue weighted by molar-refractivity contribution is 6.84. The number of rotatable bonds is 4. The van der Waals surface area contributed by atoms with Crippen molar-refractivity contribution >= 4 is 8.07 Å². The molecule has 0 nitrogen and oxygen atoms in total. The Morgan fingerprint density at radius 2 is 1.46 bits per heavy atom. The van der Waals surface area contributed by atoms with Gasteiger partial charge in [0.15, 0.2) is 0 Å². The third-order valence-electron chi connectivity index (χ3n) is 3.87. The zero-order valence-electron chi connectivity index (χ0n) is 9.53. The molecule has 0 amide bonds. The Kier molecular flexibility index (Phi) is 4.24. The van der Waals surface area contributed by atoms with Crippen molar-refractivity contribution in [3.8, 4) is 0 Å². The summed E-state index contributed by atoms with van der Waals surface area (Å²) in [6.07, 6.45) is 5.73. The predicted octanol–water partition coefficient (Wildman–Crippen LogP) is 4.53. The summed E-state index contributed by atoms with van der Waals surface area (Å²) in [5, 5.41) is 0. The lowest BCUT2D eigenvalue weighted by molar-refractivity contribution is 0.886. The lowest BCUT2D eigenvalue weighted by Crippen LogP contribution is -2.29. The summed E-state index contributed by atoms with van der Waals surface area (Å²) in [6.45, 7) is 7.18. The van der Waals surface area contributed by atoms with Crippen molar-refractivity contribution in [2.24, 2.45) is 0 Å². The fourth-order valence-corrected chi connectivity index (χ4v) is 5.73. The summed E-state index contributed by atoms with van der Waals surface area (Å²) in [6, 6.07) is 4.34. The minimum Gasteiger partial charge on any atom is -0.0950 e. The lowest BCUT2D eigenvalue weighted by Gasteiger charge is -2.24. The molecule has 0 N–H and O–H groups in total. The van der Waals surface area contributed by atoms with Crippen LogP contribution in [0, 0.1) is 0 Å². The van der Waals surface area contributed by atoms with Gasteiger partial charge in [0.1, 0.15) is 0 Å². The Labute approximate surface area is 84.4 Å². The molecule has 0 radical (unpaired) electrons. The van der Waals surface area contributed by atoms with E-state index in [0.29, 0.717) is 0 Å². The SMILES string of the molecule is CC[Si](C=C1CCCC1)(CC)CC. The molecule has 0 atom stereocenters. The first-order valence-electron chi connectivity index (χ1n) is 5.97. The third kappa shape index (κ3) is 2.70. The molecule has 0 bridgehead atoms. The summed E-state index contributed by atoms with van der Waals surface area (Å²) in [4.78, 5) is 0. The number of hydrogen-bond acceptors (Lipinski definition) is 0. The number of hydrogen-bond donors (Lipinski definition) is 0. The summed E-state index contributed by atoms with van der Waals surface area (Å²) >= 11 is 0. The smallest absolute Gasteiger partial charge is 0.0769 e. The molecule has 0 saturated heterocycles. The van der Waals surface area contributed by atoms with Gasteiger partial charge in [0.05, 0.1) is 8.07 Å². The van der Waals surface area contributed by atoms with E-state index in [-0.39, 0.29) is 0 Å². The van der Waals surface area contributed by atoms with Crippen LogP contribution in [0.2, 0.25) is 18.1 Å². The molecular formula is C12H24Si. The molecule has 13 heavy (non-hydrogen) atoms. The van der Waals surface area contributed by atoms with Gasteiger partial charge in [-0.15, -0.1) is 0 Å². The fourth-order valence-electron chi connectivity index (χ4n) is 2.46. The van der Waals surface area contributed by atoms with E-state index in [9.17, 15) is 0 Å². The standard InChI is InChI=1S/C12H24Si/c1-4-13(5-2,6-3)11-12-9-7-8-10-12/h11H,4-10H2,1-3H3. The van der Waals surface area contributed by atoms with Gasteiger partial charge in [-0.1, -0.05) is 50.2 Å². The van der Waals surface area contributed by atoms with Crippen molar-refractivity contribution in [1.29, 1.82) is 0 Å². The van der Waals surface area contributed by atoms with Gasteiger partial charge in [-0.3, -0.25) is 0 Å². The van der Waals surface area contributed by atoms with Crippen LogP contribution in [0.1, 0.15) is 46.5 Å². The van der Waals surface area contributed by atoms with Gasteiger partial charge in [0.2, 0.25) is 0 Å². The molecule has 1 rings (SSSR count). The van der Waals surface area contributed by atoms with Gasteiger partial charge in [-0.25, -0.2) is 0 Å². The molecule has 1 fully saturated rings. The second-order valence-electron chi connectivity index (χ2n) is 4.43. The molecule has 1 heteroatoms. The average Bonchev–Trinajstić information content (AvgIpc) is 2.67. The summed E-state index contributed by atoms with van der Waals surface area (Å²) in [5.74, 6) is 0. The molecule has 0 aromatic carbocycles. The maximum Gasteiger partial charge on any atom is 0.0769 e. The van der Waals surface area contributed by atoms with Crippen LogP contribution in [0.5, 0.6) is 0 Å². The van der Waals surface area contributed by atoms with Crippen LogP contribution in [-0.2, 0) is 0 Å². The van der Waals surface area contributed by atoms with Crippen LogP contribution >= 0.6 is 0 Å². The van der Waals surface area contributed by atoms with E-state index in [4.69, 9.17) is 0 Å². The van der Waals surface area contributed by atoms with E-state index in [1.54, 1.807) is 5.57 Å². The summed E-state index contributed by atoms with van der Waals surface area (Å²) in [7, 11) is -0.944. The molecular weight excluding hydrogens is 172 g/mol. The Balaban J connectivity index is 2.69. The number of allylic oxidation sites excluding steroid dienone is 1. The van der Waals surface area contributed by atoms with Gasteiger partial charge in [-0.05, 0) is 25.7 Å². The zero-order valence-corrected chi connectivity index (χ0v) is 10.5. The van der Waals surface area contributed by atoms with Crippen molar-refractivity contribution in [2.75, 3.05) is 0 Å². The van der Waals surface area contributed by atoms with Gasteiger partial charge in [0.25, 0.3) is 0 Å². The molecule has 1 aliphatic rings. The summed E-state index contributed by atoms with van der Waals surface area (Å²) in [5.41, 5.74) is 4.55. The second-order valence-corrected chi connectivity index (χ2v) is 9.57. The molecule has 0 spiro atoms. The van der Waals surface area contributed by atoms with E-state index in [1.165, 1.54) is 43.8 Å². The van der Waals surface area contributed by atoms with Crippen LogP contribution < -0.4 is 0 Å². The first kappa shape index (κ1) is 11.0. The first-order valence-corrected chi connectivity index (χ1v) is 8.67. The van der Waals surface area contributed by atoms with Crippen molar-refractivity contribution in [2.45, 2.75) is 64.6 Å². The fraction of sp³-hybridized carbons (Fsp3) is 0.833. The van der Waals surface area contributed by atoms with Crippen LogP contribution in [0.3, 0.4) is 0 Å². The Bertz CT molecular complexity index is 161. The molecule has 0 aliphatic heterocycles. The van der Waals surface area contributed by atoms with Gasteiger partial charge in [-0.2, -0.15) is 0 Å². The highest BCUT2D eigenvalue weighted by atomic mass is 28.3. The van der Waals surface area contributed by atoms with E-state index >= 15 is 0 Å². The first-order chi connectivity index (χ1) is 6.26. The van der Waals surface area contributed by atoms with E-state index < -0.39 is 8.07 Å². The molecule has 1 aliphatic carbocycles. The summed E-state index contributed by atoms with van der Waals surface area (Å²) < 4.78 is 0. The lowest BCUT2D eigenvalue weighted by atomic mass is 10.3. The van der Waals surface area contributed by atoms with Gasteiger partial charge >= 0.3 is 0 Å². The van der Waals surface area contributed by atoms with Gasteiger partial charge in [0, 0.05) is 0 Å². The largest absolute Gasteiger partial charge is 0.0950 e. The van der Waals surface area contributed by atoms with Crippen LogP contribution in [0.25, 0.3) is 0 Å². The monoisotopic (exact) mass is 196 g/mol. The van der Waals surface area contributed by atoms with E-state index in [1.807, 2.05) is 0 Å². The van der Waals surface area contributed by atoms with Crippen LogP contribution in [0.4, 0.5) is 0 Å². The Morgan fingerprint density at radius 3 is 1.85 bits per heavy atom. The topological polar surface area (TPSA) is 0 Å². The van der Waals surface area contributed by atoms with Crippen molar-refractivity contribution in [3.05, 3.63) is 11.3 Å². The molecule has 0 unspecified atom stereocenters. The van der Waals surface area contributed by atoms with E-state index in [2.05, 4.69) is 26.5 Å². The minimum absolute atomic E-state index is 0.944. The molecule has 0 heterocycles. The average molecular weight is 196 g/mol. The normalized spacial score (nSPS) is 17.9. The quantitative estimate of drug-likeness (QED) is 0.579. The molecule has 76 valence electrons. The second kappa shape index (κ2) is 4.99. The Morgan fingerprint density at radius 1 is 1.00 bits per heavy atom. The van der Waals surface area contributed by atoms with Crippen molar-refractivity contribution < 1.29 is 0 Å².